The predicted molar refractivity (Wildman–Crippen MR) is 340 cm³/mol. The standard InChI is InChI=1S/C65H96N2O40/c1-65(2,3)107-57(91)26(66-64(92)93-20-25-23-10-6-4-8-21(23)22-9-5-7-11-24(22)25)12-34(75)67-56-43(84)37(78)50(28(14-69)94-56)101-59-45(86)39(80)52(30(16-71)96-59)103-61-47(88)41(82)54(32(18-73)98-61)105-63-49(90)42(83)55(33(19-74)100-63)106-62-48(89)40(81)53(31(17-72)99-62)104-60-46(87)38(79)51(29(15-70)97-60)102-58-44(85)36(77)35(76)27(13-68)95-58/h4-11,25-33,35-56,58-63,68-74,76-90H,12-20H2,1-3H3,(H,66,92)(H,67,75)/t26-,27+,28+,29+,30+,31+,32+,33+,35+,36-,37+,38+,39+,40+,41+,42+,43+,44+,45+,46+,47+,48+,49+,50+,51+,52+,53+,54+,55+,56+,58-,59-,60-,61-,62-,63-/m0/s1. The molecule has 42 nitrogen and oxygen atoms in total. The minimum absolute atomic E-state index is 0.157. The van der Waals surface area contributed by atoms with Crippen LogP contribution in [0.5, 0.6) is 0 Å². The average Bonchev–Trinajstić information content (AvgIpc) is 1.59. The van der Waals surface area contributed by atoms with Crippen LogP contribution in [0.25, 0.3) is 11.1 Å². The maximum Gasteiger partial charge on any atom is 0.407 e. The number of nitrogens with one attached hydrogen (secondary N) is 2. The molecule has 606 valence electrons. The molecule has 0 radical (unpaired) electrons. The Balaban J connectivity index is 0.707. The van der Waals surface area contributed by atoms with Crippen LogP contribution in [0.1, 0.15) is 44.2 Å². The second-order valence-corrected chi connectivity index (χ2v) is 27.9. The van der Waals surface area contributed by atoms with Crippen molar-refractivity contribution in [3.8, 4) is 11.1 Å². The van der Waals surface area contributed by atoms with Gasteiger partial charge >= 0.3 is 12.1 Å². The zero-order chi connectivity index (χ0) is 77.9. The average molecular weight is 1550 g/mol. The Bertz CT molecular complexity index is 3140. The van der Waals surface area contributed by atoms with Crippen molar-refractivity contribution in [2.45, 2.75) is 260 Å². The lowest BCUT2D eigenvalue weighted by Gasteiger charge is -2.50. The van der Waals surface area contributed by atoms with E-state index in [0.29, 0.717) is 0 Å². The number of hydrogen-bond donors (Lipinski definition) is 24. The molecule has 7 fully saturated rings. The molecule has 42 heteroatoms. The number of rotatable bonds is 26. The summed E-state index contributed by atoms with van der Waals surface area (Å²) in [6.07, 6.45) is -71.6. The molecule has 10 rings (SSSR count). The minimum Gasteiger partial charge on any atom is -0.458 e. The number of hydrogen-bond acceptors (Lipinski definition) is 40. The molecule has 0 bridgehead atoms. The van der Waals surface area contributed by atoms with Gasteiger partial charge in [-0.25, -0.2) is 9.59 Å². The molecule has 1 aliphatic carbocycles. The number of carbonyl (C=O) groups excluding carboxylic acids is 3. The minimum atomic E-state index is -2.28. The Kier molecular flexibility index (Phi) is 28.8. The van der Waals surface area contributed by atoms with E-state index in [1.165, 1.54) is 0 Å². The SMILES string of the molecule is CC(C)(C)OC(=O)[C@H](CC(=O)N[C@@H]1O[C@H](CO)[C@@H](O[C@@H]2O[C@H](CO)[C@@H](O[C@@H]3O[C@H](CO)[C@@H](O[C@@H]4O[C@H](CO)[C@@H](O[C@@H]5O[C@H](CO)[C@@H](O[C@@H]6O[C@H](CO)[C@@H](O[C@@H]7O[C@H](CO)[C@@H](O)[C@H](O)[C@H]7O)[C@H](O)[C@H]6O)[C@H](O)[C@H]5O)[C@H](O)[C@H]4O)[C@H](O)[C@H]3O)[C@H](O)[C@H]2O)[C@H](O)[C@H]1O)NC(=O)OCC1c2ccccc2-c2ccccc21. The van der Waals surface area contributed by atoms with Crippen molar-refractivity contribution in [3.05, 3.63) is 59.7 Å². The lowest BCUT2D eigenvalue weighted by atomic mass is 9.95. The van der Waals surface area contributed by atoms with Crippen molar-refractivity contribution in [1.29, 1.82) is 0 Å². The quantitative estimate of drug-likeness (QED) is 0.0389. The molecule has 24 N–H and O–H groups in total. The van der Waals surface area contributed by atoms with Crippen LogP contribution in [-0.4, -0.2) is 410 Å². The molecule has 0 spiro atoms. The smallest absolute Gasteiger partial charge is 0.407 e. The molecule has 0 saturated carbocycles. The summed E-state index contributed by atoms with van der Waals surface area (Å²) in [6.45, 7) is -2.77. The van der Waals surface area contributed by atoms with E-state index >= 15 is 0 Å². The Morgan fingerprint density at radius 1 is 0.383 bits per heavy atom. The highest BCUT2D eigenvalue weighted by Crippen LogP contribution is 2.45. The van der Waals surface area contributed by atoms with Gasteiger partial charge in [0.2, 0.25) is 5.91 Å². The molecule has 0 unspecified atom stereocenters. The summed E-state index contributed by atoms with van der Waals surface area (Å²) < 4.78 is 84.7. The van der Waals surface area contributed by atoms with Gasteiger partial charge in [0, 0.05) is 5.92 Å². The number of benzene rings is 2. The molecule has 7 aliphatic heterocycles. The fourth-order valence-electron chi connectivity index (χ4n) is 13.9. The second kappa shape index (κ2) is 36.4. The first-order chi connectivity index (χ1) is 50.8. The normalized spacial score (nSPS) is 42.9. The molecule has 8 aliphatic rings. The van der Waals surface area contributed by atoms with Crippen molar-refractivity contribution < 1.29 is 198 Å². The maximum atomic E-state index is 13.7. The molecule has 2 amide bonds. The Labute approximate surface area is 608 Å². The predicted octanol–water partition coefficient (Wildman–Crippen LogP) is -12.5. The van der Waals surface area contributed by atoms with Crippen LogP contribution in [0.3, 0.4) is 0 Å². The third kappa shape index (κ3) is 18.3. The maximum absolute atomic E-state index is 13.7. The number of ether oxygens (including phenoxy) is 15. The number of aliphatic hydroxyl groups excluding tert-OH is 22. The molecule has 36 atom stereocenters. The number of esters is 1. The first-order valence-corrected chi connectivity index (χ1v) is 34.4. The van der Waals surface area contributed by atoms with Crippen LogP contribution in [0.15, 0.2) is 48.5 Å². The van der Waals surface area contributed by atoms with Crippen molar-refractivity contribution in [2.75, 3.05) is 52.9 Å². The van der Waals surface area contributed by atoms with Gasteiger partial charge in [-0.05, 0) is 43.0 Å². The van der Waals surface area contributed by atoms with Gasteiger partial charge in [0.05, 0.1) is 52.7 Å². The van der Waals surface area contributed by atoms with Crippen molar-refractivity contribution in [2.24, 2.45) is 0 Å². The van der Waals surface area contributed by atoms with Crippen molar-refractivity contribution in [1.82, 2.24) is 10.6 Å². The summed E-state index contributed by atoms with van der Waals surface area (Å²) in [7, 11) is 0. The van der Waals surface area contributed by atoms with E-state index < -0.39 is 297 Å². The summed E-state index contributed by atoms with van der Waals surface area (Å²) in [5.41, 5.74) is 2.59. The molecule has 2 aromatic rings. The van der Waals surface area contributed by atoms with E-state index in [9.17, 15) is 127 Å². The van der Waals surface area contributed by atoms with Gasteiger partial charge < -0.3 is 194 Å². The number of amides is 2. The van der Waals surface area contributed by atoms with E-state index in [0.717, 1.165) is 22.3 Å². The van der Waals surface area contributed by atoms with Gasteiger partial charge in [0.15, 0.2) is 44.0 Å². The summed E-state index contributed by atoms with van der Waals surface area (Å²) in [6, 6.07) is 13.4. The molecule has 107 heavy (non-hydrogen) atoms. The highest BCUT2D eigenvalue weighted by molar-refractivity contribution is 5.88. The second-order valence-electron chi connectivity index (χ2n) is 27.9. The van der Waals surface area contributed by atoms with Crippen LogP contribution in [-0.2, 0) is 80.6 Å². The highest BCUT2D eigenvalue weighted by atomic mass is 16.8. The Hall–Kier alpha value is -4.75. The molecule has 7 heterocycles. The molecule has 2 aromatic carbocycles. The van der Waals surface area contributed by atoms with Crippen LogP contribution in [0, 0.1) is 0 Å². The number of alkyl carbamates (subject to hydrolysis) is 1. The van der Waals surface area contributed by atoms with Crippen molar-refractivity contribution in [3.63, 3.8) is 0 Å². The molecular weight excluding hydrogens is 1450 g/mol. The third-order valence-corrected chi connectivity index (χ3v) is 19.6. The van der Waals surface area contributed by atoms with Gasteiger partial charge in [-0.15, -0.1) is 0 Å². The van der Waals surface area contributed by atoms with Gasteiger partial charge in [-0.1, -0.05) is 48.5 Å². The highest BCUT2D eigenvalue weighted by Gasteiger charge is 2.59. The Morgan fingerprint density at radius 3 is 0.991 bits per heavy atom. The summed E-state index contributed by atoms with van der Waals surface area (Å²) in [5.74, 6) is -2.48. The molecular formula is C65H96N2O40. The zero-order valence-electron chi connectivity index (χ0n) is 57.5. The first kappa shape index (κ1) is 84.7. The monoisotopic (exact) mass is 1540 g/mol. The van der Waals surface area contributed by atoms with E-state index in [1.807, 2.05) is 48.5 Å². The van der Waals surface area contributed by atoms with Gasteiger partial charge in [-0.2, -0.15) is 0 Å². The largest absolute Gasteiger partial charge is 0.458 e. The third-order valence-electron chi connectivity index (χ3n) is 19.6. The van der Waals surface area contributed by atoms with Crippen LogP contribution in [0.2, 0.25) is 0 Å². The van der Waals surface area contributed by atoms with E-state index in [1.54, 1.807) is 20.8 Å². The van der Waals surface area contributed by atoms with Crippen LogP contribution < -0.4 is 10.6 Å². The van der Waals surface area contributed by atoms with E-state index in [-0.39, 0.29) is 12.5 Å². The lowest BCUT2D eigenvalue weighted by molar-refractivity contribution is -0.397. The van der Waals surface area contributed by atoms with Crippen LogP contribution >= 0.6 is 0 Å². The summed E-state index contributed by atoms with van der Waals surface area (Å²) >= 11 is 0. The zero-order valence-corrected chi connectivity index (χ0v) is 57.5. The fourth-order valence-corrected chi connectivity index (χ4v) is 13.9. The molecule has 7 saturated heterocycles. The lowest BCUT2D eigenvalue weighted by Crippen LogP contribution is -2.68. The number of fused-ring (bicyclic) bond motifs is 3. The summed E-state index contributed by atoms with van der Waals surface area (Å²) in [5, 5.41) is 244. The van der Waals surface area contributed by atoms with Crippen molar-refractivity contribution >= 4 is 18.0 Å². The Morgan fingerprint density at radius 2 is 0.673 bits per heavy atom. The fraction of sp³-hybridized carbons (Fsp3) is 0.769. The topological polar surface area (TPSA) is 659 Å². The van der Waals surface area contributed by atoms with Gasteiger partial charge in [0.1, 0.15) is 189 Å². The van der Waals surface area contributed by atoms with E-state index in [4.69, 9.17) is 71.1 Å². The van der Waals surface area contributed by atoms with Gasteiger partial charge in [-0.3, -0.25) is 4.79 Å². The molecule has 0 aromatic heterocycles. The van der Waals surface area contributed by atoms with E-state index in [2.05, 4.69) is 10.6 Å². The van der Waals surface area contributed by atoms with Gasteiger partial charge in [0.25, 0.3) is 0 Å². The number of aliphatic hydroxyl groups is 22. The number of carbonyl (C=O) groups is 3. The summed E-state index contributed by atoms with van der Waals surface area (Å²) in [4.78, 5) is 40.5. The van der Waals surface area contributed by atoms with Crippen LogP contribution in [0.4, 0.5) is 4.79 Å². The first-order valence-electron chi connectivity index (χ1n) is 34.4.